The second kappa shape index (κ2) is 13.4. The van der Waals surface area contributed by atoms with Crippen LogP contribution in [0.1, 0.15) is 47.5 Å². The highest BCUT2D eigenvalue weighted by molar-refractivity contribution is 7.92. The Balaban J connectivity index is 1.40. The lowest BCUT2D eigenvalue weighted by Crippen LogP contribution is -2.41. The van der Waals surface area contributed by atoms with Crippen molar-refractivity contribution >= 4 is 66.4 Å². The molecule has 10 nitrogen and oxygen atoms in total. The summed E-state index contributed by atoms with van der Waals surface area (Å²) in [5.74, 6) is -0.796. The summed E-state index contributed by atoms with van der Waals surface area (Å²) in [6, 6.07) is 15.4. The van der Waals surface area contributed by atoms with E-state index < -0.39 is 45.7 Å². The Morgan fingerprint density at radius 2 is 1.62 bits per heavy atom. The minimum absolute atomic E-state index is 0.129. The van der Waals surface area contributed by atoms with Gasteiger partial charge in [-0.3, -0.25) is 9.52 Å². The molecule has 0 radical (unpaired) electrons. The van der Waals surface area contributed by atoms with Gasteiger partial charge in [-0.15, -0.1) is 24.5 Å². The van der Waals surface area contributed by atoms with Crippen LogP contribution in [0.2, 0.25) is 5.02 Å². The predicted molar refractivity (Wildman–Crippen MR) is 178 cm³/mol. The number of carboxylic acid groups (broad SMARTS) is 1. The lowest BCUT2D eigenvalue weighted by Gasteiger charge is -2.31. The number of rotatable bonds is 9. The molecule has 5 rings (SSSR count). The summed E-state index contributed by atoms with van der Waals surface area (Å²) in [5.41, 5.74) is 0.712. The van der Waals surface area contributed by atoms with Crippen LogP contribution in [0, 0.1) is 0 Å². The molecule has 1 aromatic heterocycles. The van der Waals surface area contributed by atoms with E-state index in [-0.39, 0.29) is 23.9 Å². The summed E-state index contributed by atoms with van der Waals surface area (Å²) in [6.07, 6.45) is -4.65. The Kier molecular flexibility index (Phi) is 9.77. The molecule has 3 N–H and O–H groups in total. The van der Waals surface area contributed by atoms with Gasteiger partial charge in [-0.2, -0.15) is 0 Å². The molecule has 0 spiro atoms. The average molecular weight is 726 g/mol. The van der Waals surface area contributed by atoms with Gasteiger partial charge >= 0.3 is 12.5 Å². The van der Waals surface area contributed by atoms with Crippen molar-refractivity contribution in [3.05, 3.63) is 81.7 Å². The molecule has 4 aromatic rings. The van der Waals surface area contributed by atoms with Crippen LogP contribution in [0.4, 0.5) is 29.3 Å². The smallest absolute Gasteiger partial charge is 0.490 e. The van der Waals surface area contributed by atoms with Crippen LogP contribution in [0.15, 0.2) is 60.7 Å². The van der Waals surface area contributed by atoms with Gasteiger partial charge in [-0.25, -0.2) is 13.2 Å². The van der Waals surface area contributed by atoms with Crippen molar-refractivity contribution in [2.24, 2.45) is 0 Å². The number of hydrogen-bond acceptors (Lipinski definition) is 7. The van der Waals surface area contributed by atoms with Crippen LogP contribution >= 0.6 is 22.9 Å². The second-order valence-corrected chi connectivity index (χ2v) is 15.1. The minimum Gasteiger partial charge on any atom is -0.490 e. The summed E-state index contributed by atoms with van der Waals surface area (Å²) in [7, 11) is -3.48. The lowest BCUT2D eigenvalue weighted by molar-refractivity contribution is -0.274. The number of hydrogen-bond donors (Lipinski definition) is 3. The van der Waals surface area contributed by atoms with Crippen LogP contribution in [0.5, 0.6) is 11.5 Å². The molecule has 0 aliphatic carbocycles. The molecule has 2 amide bonds. The van der Waals surface area contributed by atoms with Gasteiger partial charge in [0.1, 0.15) is 17.6 Å². The van der Waals surface area contributed by atoms with Crippen molar-refractivity contribution in [3.8, 4) is 11.5 Å². The average Bonchev–Trinajstić information content (AvgIpc) is 3.39. The first-order valence-electron chi connectivity index (χ1n) is 14.5. The molecule has 1 aliphatic rings. The van der Waals surface area contributed by atoms with Crippen molar-refractivity contribution in [2.75, 3.05) is 29.4 Å². The van der Waals surface area contributed by atoms with E-state index in [1.54, 1.807) is 62.4 Å². The van der Waals surface area contributed by atoms with Gasteiger partial charge in [0.05, 0.1) is 11.1 Å². The van der Waals surface area contributed by atoms with E-state index in [2.05, 4.69) is 14.8 Å². The van der Waals surface area contributed by atoms with E-state index in [0.717, 1.165) is 17.0 Å². The molecule has 1 saturated heterocycles. The maximum Gasteiger partial charge on any atom is 0.573 e. The number of ether oxygens (including phenoxy) is 2. The van der Waals surface area contributed by atoms with Crippen LogP contribution in [-0.4, -0.2) is 62.2 Å². The molecule has 0 saturated carbocycles. The molecule has 48 heavy (non-hydrogen) atoms. The first kappa shape index (κ1) is 35.1. The number of piperidine rings is 1. The molecule has 2 heterocycles. The van der Waals surface area contributed by atoms with E-state index in [0.29, 0.717) is 45.6 Å². The normalized spacial score (nSPS) is 14.5. The van der Waals surface area contributed by atoms with Gasteiger partial charge in [0.15, 0.2) is 0 Å². The molecule has 16 heteroatoms. The number of nitrogens with zero attached hydrogens (tertiary/aromatic N) is 1. The van der Waals surface area contributed by atoms with Gasteiger partial charge in [-0.05, 0) is 71.1 Å². The summed E-state index contributed by atoms with van der Waals surface area (Å²) >= 11 is 7.68. The van der Waals surface area contributed by atoms with Gasteiger partial charge in [0.2, 0.25) is 10.0 Å². The number of likely N-dealkylation sites (tertiary alicyclic amines) is 1. The molecule has 1 aliphatic heterocycles. The molecule has 3 aromatic carbocycles. The van der Waals surface area contributed by atoms with Crippen LogP contribution in [0.25, 0.3) is 10.1 Å². The Labute approximate surface area is 283 Å². The van der Waals surface area contributed by atoms with Crippen molar-refractivity contribution in [1.82, 2.24) is 4.90 Å². The monoisotopic (exact) mass is 725 g/mol. The number of sulfonamides is 1. The van der Waals surface area contributed by atoms with Gasteiger partial charge < -0.3 is 24.8 Å². The standard InChI is InChI=1S/C32H31ClF3N3O7S2/c1-31(2,20-14-25(17-26(15-20)46-32(34,35)36)45-24-6-8-39(9-7-24)30(41)42)19-12-21(33)16-23(13-19)37-29(40)28-11-18-10-22(38-48(3,43)44)4-5-27(18)47-28/h4-5,10-17,24,38H,6-9H2,1-3H3,(H,37,40)(H,41,42). The highest BCUT2D eigenvalue weighted by atomic mass is 35.5. The number of carbonyl (C=O) groups is 2. The maximum absolute atomic E-state index is 13.3. The summed E-state index contributed by atoms with van der Waals surface area (Å²) < 4.78 is 76.6. The summed E-state index contributed by atoms with van der Waals surface area (Å²) in [4.78, 5) is 26.2. The maximum atomic E-state index is 13.3. The molecule has 0 atom stereocenters. The first-order valence-corrected chi connectivity index (χ1v) is 17.6. The number of nitrogens with one attached hydrogen (secondary N) is 2. The molecule has 256 valence electrons. The highest BCUT2D eigenvalue weighted by Crippen LogP contribution is 2.40. The number of amides is 2. The van der Waals surface area contributed by atoms with Crippen LogP contribution in [0.3, 0.4) is 0 Å². The Hall–Kier alpha value is -4.21. The van der Waals surface area contributed by atoms with Crippen LogP contribution in [-0.2, 0) is 15.4 Å². The summed E-state index contributed by atoms with van der Waals surface area (Å²) in [5, 5.41) is 13.0. The first-order chi connectivity index (χ1) is 22.3. The Bertz CT molecular complexity index is 1980. The van der Waals surface area contributed by atoms with Gasteiger partial charge in [-0.1, -0.05) is 25.4 Å². The highest BCUT2D eigenvalue weighted by Gasteiger charge is 2.33. The number of carbonyl (C=O) groups excluding carboxylic acids is 1. The van der Waals surface area contributed by atoms with E-state index in [1.165, 1.54) is 22.3 Å². The van der Waals surface area contributed by atoms with Gasteiger partial charge in [0.25, 0.3) is 5.91 Å². The van der Waals surface area contributed by atoms with Crippen molar-refractivity contribution in [2.45, 2.75) is 44.6 Å². The number of fused-ring (bicyclic) bond motifs is 1. The quantitative estimate of drug-likeness (QED) is 0.160. The third-order valence-corrected chi connectivity index (χ3v) is 9.71. The Morgan fingerprint density at radius 1 is 0.958 bits per heavy atom. The second-order valence-electron chi connectivity index (χ2n) is 11.9. The number of alkyl halides is 3. The zero-order chi connectivity index (χ0) is 35.0. The molecule has 0 unspecified atom stereocenters. The molecule has 0 bridgehead atoms. The number of benzene rings is 3. The fourth-order valence-corrected chi connectivity index (χ4v) is 7.09. The van der Waals surface area contributed by atoms with Crippen LogP contribution < -0.4 is 19.5 Å². The number of anilines is 2. The molecule has 1 fully saturated rings. The Morgan fingerprint density at radius 3 is 2.27 bits per heavy atom. The topological polar surface area (TPSA) is 134 Å². The van der Waals surface area contributed by atoms with E-state index in [1.807, 2.05) is 0 Å². The fraction of sp³-hybridized carbons (Fsp3) is 0.312. The van der Waals surface area contributed by atoms with Gasteiger partial charge in [0, 0.05) is 58.5 Å². The number of thiophene rings is 1. The van der Waals surface area contributed by atoms with E-state index in [9.17, 15) is 36.3 Å². The minimum atomic E-state index is -4.96. The molecular weight excluding hydrogens is 695 g/mol. The number of halogens is 4. The van der Waals surface area contributed by atoms with Crippen molar-refractivity contribution < 1.29 is 45.8 Å². The molecular formula is C32H31ClF3N3O7S2. The SMILES string of the molecule is CC(C)(c1cc(Cl)cc(NC(=O)c2cc3cc(NS(C)(=O)=O)ccc3s2)c1)c1cc(OC2CCN(C(=O)O)CC2)cc(OC(F)(F)F)c1. The zero-order valence-corrected chi connectivity index (χ0v) is 28.2. The largest absolute Gasteiger partial charge is 0.573 e. The van der Waals surface area contributed by atoms with E-state index >= 15 is 0 Å². The van der Waals surface area contributed by atoms with Crippen molar-refractivity contribution in [3.63, 3.8) is 0 Å². The van der Waals surface area contributed by atoms with E-state index in [4.69, 9.17) is 16.3 Å². The predicted octanol–water partition coefficient (Wildman–Crippen LogP) is 7.92. The lowest BCUT2D eigenvalue weighted by atomic mass is 9.78. The zero-order valence-electron chi connectivity index (χ0n) is 25.9. The third kappa shape index (κ3) is 8.82. The summed E-state index contributed by atoms with van der Waals surface area (Å²) in [6.45, 7) is 4.02. The fourth-order valence-electron chi connectivity index (χ4n) is 5.37. The third-order valence-electron chi connectivity index (χ3n) is 7.77. The van der Waals surface area contributed by atoms with Crippen molar-refractivity contribution in [1.29, 1.82) is 0 Å².